The monoisotopic (exact) mass is 291 g/mol. The number of hydrogen-bond acceptors (Lipinski definition) is 5. The van der Waals surface area contributed by atoms with Crippen molar-refractivity contribution < 1.29 is 4.39 Å². The molecule has 3 aromatic rings. The first-order valence-electron chi connectivity index (χ1n) is 6.16. The summed E-state index contributed by atoms with van der Waals surface area (Å²) in [5.74, 6) is 5.41. The molecule has 104 valence electrons. The summed E-state index contributed by atoms with van der Waals surface area (Å²) < 4.78 is 15.8. The van der Waals surface area contributed by atoms with Gasteiger partial charge in [-0.2, -0.15) is 0 Å². The van der Waals surface area contributed by atoms with Gasteiger partial charge in [-0.25, -0.2) is 4.39 Å². The minimum Gasteiger partial charge on any atom is -0.271 e. The van der Waals surface area contributed by atoms with Crippen LogP contribution in [0.15, 0.2) is 30.5 Å². The van der Waals surface area contributed by atoms with Crippen LogP contribution in [0.4, 0.5) is 4.39 Å². The molecule has 2 heterocycles. The highest BCUT2D eigenvalue weighted by atomic mass is 32.1. The van der Waals surface area contributed by atoms with Crippen molar-refractivity contribution in [3.8, 4) is 0 Å². The summed E-state index contributed by atoms with van der Waals surface area (Å²) in [6.45, 7) is 0. The fourth-order valence-electron chi connectivity index (χ4n) is 2.14. The second-order valence-corrected chi connectivity index (χ2v) is 5.75. The van der Waals surface area contributed by atoms with Gasteiger partial charge in [-0.15, -0.1) is 16.4 Å². The summed E-state index contributed by atoms with van der Waals surface area (Å²) in [5, 5.41) is 8.98. The van der Waals surface area contributed by atoms with Crippen molar-refractivity contribution >= 4 is 21.4 Å². The van der Waals surface area contributed by atoms with E-state index in [-0.39, 0.29) is 11.9 Å². The molecule has 3 rings (SSSR count). The van der Waals surface area contributed by atoms with Crippen LogP contribution < -0.4 is 11.3 Å². The third kappa shape index (κ3) is 2.55. The molecule has 0 bridgehead atoms. The van der Waals surface area contributed by atoms with Crippen LogP contribution in [0.1, 0.15) is 16.6 Å². The van der Waals surface area contributed by atoms with Gasteiger partial charge in [0, 0.05) is 29.2 Å². The van der Waals surface area contributed by atoms with Gasteiger partial charge in [0.25, 0.3) is 0 Å². The quantitative estimate of drug-likeness (QED) is 0.569. The van der Waals surface area contributed by atoms with Crippen LogP contribution in [0.3, 0.4) is 0 Å². The van der Waals surface area contributed by atoms with Crippen molar-refractivity contribution in [2.24, 2.45) is 12.9 Å². The van der Waals surface area contributed by atoms with E-state index in [1.807, 2.05) is 19.3 Å². The molecule has 2 aromatic heterocycles. The lowest BCUT2D eigenvalue weighted by atomic mass is 10.1. The minimum atomic E-state index is -0.225. The molecule has 0 fully saturated rings. The van der Waals surface area contributed by atoms with Crippen LogP contribution in [0, 0.1) is 5.82 Å². The molecule has 7 heteroatoms. The Hall–Kier alpha value is -1.83. The van der Waals surface area contributed by atoms with Crippen molar-refractivity contribution in [1.82, 2.24) is 20.4 Å². The van der Waals surface area contributed by atoms with Gasteiger partial charge in [-0.3, -0.25) is 16.0 Å². The molecule has 0 saturated heterocycles. The number of thiophene rings is 1. The number of nitrogens with zero attached hydrogens (tertiary/aromatic N) is 3. The summed E-state index contributed by atoms with van der Waals surface area (Å²) in [5.41, 5.74) is 3.65. The van der Waals surface area contributed by atoms with E-state index < -0.39 is 0 Å². The molecule has 3 N–H and O–H groups in total. The average Bonchev–Trinajstić information content (AvgIpc) is 3.01. The second-order valence-electron chi connectivity index (χ2n) is 4.64. The Labute approximate surface area is 119 Å². The number of benzene rings is 1. The number of fused-ring (bicyclic) bond motifs is 1. The van der Waals surface area contributed by atoms with Gasteiger partial charge >= 0.3 is 0 Å². The van der Waals surface area contributed by atoms with Gasteiger partial charge in [-0.1, -0.05) is 11.3 Å². The second kappa shape index (κ2) is 5.28. The number of halogens is 1. The smallest absolute Gasteiger partial charge is 0.124 e. The number of nitrogens with two attached hydrogens (primary N) is 1. The van der Waals surface area contributed by atoms with E-state index >= 15 is 0 Å². The van der Waals surface area contributed by atoms with Gasteiger partial charge in [0.1, 0.15) is 5.82 Å². The van der Waals surface area contributed by atoms with E-state index in [9.17, 15) is 4.39 Å². The van der Waals surface area contributed by atoms with E-state index in [0.29, 0.717) is 6.42 Å². The third-order valence-electron chi connectivity index (χ3n) is 3.11. The van der Waals surface area contributed by atoms with Crippen LogP contribution in [0.25, 0.3) is 10.1 Å². The lowest BCUT2D eigenvalue weighted by Gasteiger charge is -2.11. The molecule has 5 nitrogen and oxygen atoms in total. The number of hydrogen-bond donors (Lipinski definition) is 2. The fraction of sp³-hybridized carbons (Fsp3) is 0.231. The Morgan fingerprint density at radius 1 is 1.45 bits per heavy atom. The van der Waals surface area contributed by atoms with E-state index in [0.717, 1.165) is 20.7 Å². The Bertz CT molecular complexity index is 735. The maximum atomic E-state index is 13.2. The predicted octanol–water partition coefficient (Wildman–Crippen LogP) is 1.92. The van der Waals surface area contributed by atoms with Crippen molar-refractivity contribution in [3.05, 3.63) is 46.9 Å². The Morgan fingerprint density at radius 2 is 2.30 bits per heavy atom. The summed E-state index contributed by atoms with van der Waals surface area (Å²) in [6.07, 6.45) is 2.50. The maximum absolute atomic E-state index is 13.2. The summed E-state index contributed by atoms with van der Waals surface area (Å²) >= 11 is 1.53. The van der Waals surface area contributed by atoms with Crippen molar-refractivity contribution in [2.45, 2.75) is 12.5 Å². The molecule has 0 amide bonds. The molecule has 0 spiro atoms. The van der Waals surface area contributed by atoms with Gasteiger partial charge in [0.15, 0.2) is 0 Å². The van der Waals surface area contributed by atoms with Gasteiger partial charge < -0.3 is 0 Å². The molecule has 1 aromatic carbocycles. The van der Waals surface area contributed by atoms with Crippen LogP contribution in [-0.4, -0.2) is 15.0 Å². The molecule has 0 aliphatic rings. The first kappa shape index (κ1) is 13.2. The molecule has 1 atom stereocenters. The summed E-state index contributed by atoms with van der Waals surface area (Å²) in [7, 11) is 1.82. The molecule has 0 radical (unpaired) electrons. The number of aryl methyl sites for hydroxylation is 1. The first-order chi connectivity index (χ1) is 9.65. The molecular formula is C13H14FN5S. The lowest BCUT2D eigenvalue weighted by molar-refractivity contribution is 0.554. The Kier molecular flexibility index (Phi) is 3.47. The zero-order valence-electron chi connectivity index (χ0n) is 10.9. The molecule has 1 unspecified atom stereocenters. The van der Waals surface area contributed by atoms with Crippen LogP contribution >= 0.6 is 11.3 Å². The van der Waals surface area contributed by atoms with Crippen LogP contribution in [0.2, 0.25) is 0 Å². The van der Waals surface area contributed by atoms with Gasteiger partial charge in [0.2, 0.25) is 0 Å². The highest BCUT2D eigenvalue weighted by Crippen LogP contribution is 2.31. The molecular weight excluding hydrogens is 277 g/mol. The normalized spacial score (nSPS) is 12.9. The maximum Gasteiger partial charge on any atom is 0.124 e. The standard InChI is InChI=1S/C13H14FN5S/c1-19-7-10(17-18-19)6-11(16-15)13-4-8-2-3-9(14)5-12(8)20-13/h2-5,7,11,16H,6,15H2,1H3. The molecule has 0 saturated carbocycles. The number of hydrazine groups is 1. The van der Waals surface area contributed by atoms with Crippen molar-refractivity contribution in [3.63, 3.8) is 0 Å². The molecule has 20 heavy (non-hydrogen) atoms. The number of rotatable bonds is 4. The third-order valence-corrected chi connectivity index (χ3v) is 4.32. The van der Waals surface area contributed by atoms with E-state index in [1.54, 1.807) is 16.8 Å². The van der Waals surface area contributed by atoms with Crippen LogP contribution in [0.5, 0.6) is 0 Å². The SMILES string of the molecule is Cn1cc(CC(NN)c2cc3ccc(F)cc3s2)nn1. The Morgan fingerprint density at radius 3 is 3.00 bits per heavy atom. The first-order valence-corrected chi connectivity index (χ1v) is 6.97. The molecule has 0 aliphatic carbocycles. The average molecular weight is 291 g/mol. The van der Waals surface area contributed by atoms with Crippen molar-refractivity contribution in [2.75, 3.05) is 0 Å². The van der Waals surface area contributed by atoms with E-state index in [1.165, 1.54) is 17.4 Å². The van der Waals surface area contributed by atoms with Gasteiger partial charge in [0.05, 0.1) is 11.7 Å². The topological polar surface area (TPSA) is 68.8 Å². The van der Waals surface area contributed by atoms with Gasteiger partial charge in [-0.05, 0) is 23.6 Å². The van der Waals surface area contributed by atoms with Crippen LogP contribution in [-0.2, 0) is 13.5 Å². The fourth-order valence-corrected chi connectivity index (χ4v) is 3.29. The van der Waals surface area contributed by atoms with Crippen molar-refractivity contribution in [1.29, 1.82) is 0 Å². The summed E-state index contributed by atoms with van der Waals surface area (Å²) in [6, 6.07) is 6.75. The number of nitrogens with one attached hydrogen (secondary N) is 1. The zero-order valence-corrected chi connectivity index (χ0v) is 11.7. The lowest BCUT2D eigenvalue weighted by Crippen LogP contribution is -2.29. The summed E-state index contributed by atoms with van der Waals surface area (Å²) in [4.78, 5) is 1.05. The minimum absolute atomic E-state index is 0.0628. The Balaban J connectivity index is 1.90. The van der Waals surface area contributed by atoms with E-state index in [2.05, 4.69) is 15.7 Å². The largest absolute Gasteiger partial charge is 0.271 e. The zero-order chi connectivity index (χ0) is 14.1. The number of aromatic nitrogens is 3. The molecule has 0 aliphatic heterocycles. The van der Waals surface area contributed by atoms with E-state index in [4.69, 9.17) is 5.84 Å². The predicted molar refractivity (Wildman–Crippen MR) is 76.6 cm³/mol. The highest BCUT2D eigenvalue weighted by molar-refractivity contribution is 7.19. The highest BCUT2D eigenvalue weighted by Gasteiger charge is 2.15.